The monoisotopic (exact) mass is 638 g/mol. The van der Waals surface area contributed by atoms with Crippen LogP contribution in [0.25, 0.3) is 0 Å². The van der Waals surface area contributed by atoms with Gasteiger partial charge in [-0.1, -0.05) is 17.7 Å². The third kappa shape index (κ3) is 12.6. The fourth-order valence-corrected chi connectivity index (χ4v) is 3.56. The minimum absolute atomic E-state index is 0.00230. The molecule has 0 amide bonds. The lowest BCUT2D eigenvalue weighted by atomic mass is 10.1. The maximum atomic E-state index is 12.4. The van der Waals surface area contributed by atoms with E-state index in [4.69, 9.17) is 33.2 Å². The van der Waals surface area contributed by atoms with E-state index >= 15 is 0 Å². The van der Waals surface area contributed by atoms with Crippen molar-refractivity contribution in [1.82, 2.24) is 0 Å². The molecule has 3 aromatic carbocycles. The zero-order valence-electron chi connectivity index (χ0n) is 26.2. The second kappa shape index (κ2) is 18.8. The number of aryl methyl sites for hydroxylation is 1. The molecular weight excluding hydrogens is 600 g/mol. The average molecular weight is 639 g/mol. The average Bonchev–Trinajstić information content (AvgIpc) is 3.06. The number of esters is 3. The summed E-state index contributed by atoms with van der Waals surface area (Å²) in [5, 5.41) is 0. The van der Waals surface area contributed by atoms with Crippen molar-refractivity contribution in [3.63, 3.8) is 0 Å². The molecule has 0 saturated carbocycles. The normalized spacial score (nSPS) is 12.6. The molecule has 0 bridgehead atoms. The lowest BCUT2D eigenvalue weighted by Gasteiger charge is -2.15. The van der Waals surface area contributed by atoms with E-state index in [1.54, 1.807) is 69.3 Å². The van der Waals surface area contributed by atoms with Crippen LogP contribution in [0.15, 0.2) is 72.8 Å². The van der Waals surface area contributed by atoms with Gasteiger partial charge in [-0.3, -0.25) is 4.79 Å². The minimum Gasteiger partial charge on any atom is -0.468 e. The molecule has 46 heavy (non-hydrogen) atoms. The Morgan fingerprint density at radius 3 is 1.28 bits per heavy atom. The van der Waals surface area contributed by atoms with Gasteiger partial charge in [-0.2, -0.15) is 0 Å². The molecule has 0 aliphatic carbocycles. The minimum atomic E-state index is -0.559. The second-order valence-electron chi connectivity index (χ2n) is 10.2. The van der Waals surface area contributed by atoms with Gasteiger partial charge in [-0.25, -0.2) is 14.4 Å². The zero-order chi connectivity index (χ0) is 33.3. The molecule has 0 heterocycles. The van der Waals surface area contributed by atoms with Gasteiger partial charge in [0, 0.05) is 0 Å². The highest BCUT2D eigenvalue weighted by Crippen LogP contribution is 2.15. The molecule has 0 radical (unpaired) electrons. The van der Waals surface area contributed by atoms with Crippen molar-refractivity contribution < 1.29 is 57.1 Å². The van der Waals surface area contributed by atoms with E-state index < -0.39 is 30.1 Å². The second-order valence-corrected chi connectivity index (χ2v) is 10.2. The van der Waals surface area contributed by atoms with E-state index in [1.165, 1.54) is 12.1 Å². The molecule has 0 spiro atoms. The quantitative estimate of drug-likeness (QED) is 0.0762. The first-order chi connectivity index (χ1) is 22.1. The smallest absolute Gasteiger partial charge is 0.338 e. The van der Waals surface area contributed by atoms with Crippen molar-refractivity contribution in [3.05, 3.63) is 95.1 Å². The molecule has 0 aliphatic heterocycles. The number of ether oxygens (including phenoxy) is 8. The first kappa shape index (κ1) is 35.5. The van der Waals surface area contributed by atoms with Crippen LogP contribution in [0.3, 0.4) is 0 Å². The molecule has 3 atom stereocenters. The Morgan fingerprint density at radius 2 is 0.913 bits per heavy atom. The Morgan fingerprint density at radius 1 is 0.565 bits per heavy atom. The fraction of sp³-hybridized carbons (Fsp3) is 0.353. The van der Waals surface area contributed by atoms with Crippen molar-refractivity contribution >= 4 is 24.4 Å². The number of carbonyl (C=O) groups is 4. The summed E-state index contributed by atoms with van der Waals surface area (Å²) in [6.45, 7) is 7.17. The summed E-state index contributed by atoms with van der Waals surface area (Å²) in [5.41, 5.74) is 2.17. The fourth-order valence-electron chi connectivity index (χ4n) is 3.56. The van der Waals surface area contributed by atoms with E-state index in [1.807, 2.05) is 19.1 Å². The van der Waals surface area contributed by atoms with Gasteiger partial charge < -0.3 is 37.9 Å². The van der Waals surface area contributed by atoms with E-state index in [-0.39, 0.29) is 39.5 Å². The van der Waals surface area contributed by atoms with E-state index in [2.05, 4.69) is 4.74 Å². The molecule has 3 rings (SSSR count). The molecule has 0 aliphatic rings. The zero-order valence-corrected chi connectivity index (χ0v) is 26.2. The molecule has 12 heteroatoms. The Balaban J connectivity index is 1.28. The first-order valence-electron chi connectivity index (χ1n) is 14.5. The van der Waals surface area contributed by atoms with Crippen LogP contribution in [-0.4, -0.2) is 76.1 Å². The van der Waals surface area contributed by atoms with Crippen LogP contribution in [0.1, 0.15) is 57.4 Å². The number of rotatable bonds is 19. The molecule has 246 valence electrons. The van der Waals surface area contributed by atoms with Gasteiger partial charge in [0.2, 0.25) is 0 Å². The SMILES string of the molecule is Cc1ccc(C(=O)OCC(C)OCOc2ccc(C(=O)OCC(C)OCOc3ccc(C(=O)OCC(C)OC=O)cc3)cc2)cc1. The summed E-state index contributed by atoms with van der Waals surface area (Å²) in [4.78, 5) is 46.9. The van der Waals surface area contributed by atoms with Gasteiger partial charge in [0.05, 0.1) is 28.9 Å². The van der Waals surface area contributed by atoms with Crippen LogP contribution in [0.5, 0.6) is 11.5 Å². The summed E-state index contributed by atoms with van der Waals surface area (Å²) >= 11 is 0. The maximum absolute atomic E-state index is 12.4. The van der Waals surface area contributed by atoms with E-state index in [9.17, 15) is 19.2 Å². The summed E-state index contributed by atoms with van der Waals surface area (Å²) < 4.78 is 42.5. The number of carbonyl (C=O) groups excluding carboxylic acids is 4. The predicted molar refractivity (Wildman–Crippen MR) is 164 cm³/mol. The standard InChI is InChI=1S/C34H38O12/c1-23-5-7-27(8-6-23)32(36)40-18-25(3)43-21-45-31-15-11-29(12-16-31)34(38)41-19-26(4)44-22-46-30-13-9-28(10-14-30)33(37)39-17-24(2)42-20-35/h5-16,20,24-26H,17-19,21-22H2,1-4H3. The molecule has 0 saturated heterocycles. The lowest BCUT2D eigenvalue weighted by Crippen LogP contribution is -2.21. The largest absolute Gasteiger partial charge is 0.468 e. The molecule has 3 unspecified atom stereocenters. The number of hydrogen-bond donors (Lipinski definition) is 0. The first-order valence-corrected chi connectivity index (χ1v) is 14.5. The maximum Gasteiger partial charge on any atom is 0.338 e. The van der Waals surface area contributed by atoms with Crippen molar-refractivity contribution in [3.8, 4) is 11.5 Å². The third-order valence-electron chi connectivity index (χ3n) is 6.26. The topological polar surface area (TPSA) is 142 Å². The van der Waals surface area contributed by atoms with Crippen molar-refractivity contribution in [2.24, 2.45) is 0 Å². The van der Waals surface area contributed by atoms with Crippen LogP contribution in [0, 0.1) is 6.92 Å². The Labute approximate surface area is 267 Å². The summed E-state index contributed by atoms with van der Waals surface area (Å²) in [6.07, 6.45) is -1.38. The van der Waals surface area contributed by atoms with Gasteiger partial charge >= 0.3 is 17.9 Å². The molecule has 3 aromatic rings. The van der Waals surface area contributed by atoms with Crippen LogP contribution >= 0.6 is 0 Å². The van der Waals surface area contributed by atoms with Crippen molar-refractivity contribution in [1.29, 1.82) is 0 Å². The Bertz CT molecular complexity index is 1390. The van der Waals surface area contributed by atoms with Gasteiger partial charge in [0.25, 0.3) is 6.47 Å². The molecule has 0 aromatic heterocycles. The Kier molecular flexibility index (Phi) is 14.5. The van der Waals surface area contributed by atoms with Gasteiger partial charge in [-0.15, -0.1) is 0 Å². The van der Waals surface area contributed by atoms with Crippen LogP contribution in [-0.2, 0) is 33.2 Å². The van der Waals surface area contributed by atoms with Crippen LogP contribution < -0.4 is 9.47 Å². The van der Waals surface area contributed by atoms with Gasteiger partial charge in [0.15, 0.2) is 13.6 Å². The van der Waals surface area contributed by atoms with Crippen molar-refractivity contribution in [2.75, 3.05) is 33.4 Å². The summed E-state index contributed by atoms with van der Waals surface area (Å²) in [7, 11) is 0. The lowest BCUT2D eigenvalue weighted by molar-refractivity contribution is -0.134. The highest BCUT2D eigenvalue weighted by Gasteiger charge is 2.14. The summed E-state index contributed by atoms with van der Waals surface area (Å²) in [6, 6.07) is 19.7. The number of benzene rings is 3. The molecule has 0 fully saturated rings. The number of hydrogen-bond acceptors (Lipinski definition) is 12. The molecular formula is C34H38O12. The predicted octanol–water partition coefficient (Wildman–Crippen LogP) is 4.91. The van der Waals surface area contributed by atoms with Gasteiger partial charge in [0.1, 0.15) is 37.4 Å². The highest BCUT2D eigenvalue weighted by atomic mass is 16.7. The molecule has 0 N–H and O–H groups in total. The Hall–Kier alpha value is -4.94. The third-order valence-corrected chi connectivity index (χ3v) is 6.26. The highest BCUT2D eigenvalue weighted by molar-refractivity contribution is 5.90. The van der Waals surface area contributed by atoms with Crippen molar-refractivity contribution in [2.45, 2.75) is 46.0 Å². The van der Waals surface area contributed by atoms with E-state index in [0.29, 0.717) is 34.7 Å². The molecule has 12 nitrogen and oxygen atoms in total. The van der Waals surface area contributed by atoms with E-state index in [0.717, 1.165) is 5.56 Å². The van der Waals surface area contributed by atoms with Crippen LogP contribution in [0.4, 0.5) is 0 Å². The summed E-state index contributed by atoms with van der Waals surface area (Å²) in [5.74, 6) is -0.567. The van der Waals surface area contributed by atoms with Crippen LogP contribution in [0.2, 0.25) is 0 Å². The van der Waals surface area contributed by atoms with Gasteiger partial charge in [-0.05, 0) is 88.4 Å².